The Morgan fingerprint density at radius 1 is 0.561 bits per heavy atom. The van der Waals surface area contributed by atoms with Gasteiger partial charge >= 0.3 is 5.97 Å². The zero-order chi connectivity index (χ0) is 29.9. The average molecular weight is 581 g/mol. The summed E-state index contributed by atoms with van der Waals surface area (Å²) in [5, 5.41) is 9.55. The van der Waals surface area contributed by atoms with Crippen molar-refractivity contribution in [2.75, 3.05) is 19.8 Å². The number of esters is 1. The maximum absolute atomic E-state index is 12.0. The van der Waals surface area contributed by atoms with Crippen molar-refractivity contribution in [1.29, 1.82) is 0 Å². The van der Waals surface area contributed by atoms with Gasteiger partial charge in [-0.1, -0.05) is 161 Å². The van der Waals surface area contributed by atoms with Crippen molar-refractivity contribution in [2.24, 2.45) is 0 Å². The number of unbranched alkanes of at least 4 members (excludes halogenated alkanes) is 24. The lowest BCUT2D eigenvalue weighted by Gasteiger charge is -2.15. The van der Waals surface area contributed by atoms with Gasteiger partial charge in [0.15, 0.2) is 0 Å². The first-order chi connectivity index (χ1) is 20.2. The number of hydrogen-bond acceptors (Lipinski definition) is 4. The van der Waals surface area contributed by atoms with Crippen molar-refractivity contribution in [3.63, 3.8) is 0 Å². The van der Waals surface area contributed by atoms with Gasteiger partial charge in [-0.25, -0.2) is 0 Å². The molecule has 0 aromatic rings. The number of ether oxygens (including phenoxy) is 2. The average Bonchev–Trinajstić information content (AvgIpc) is 2.98. The Kier molecular flexibility index (Phi) is 34.6. The molecule has 41 heavy (non-hydrogen) atoms. The van der Waals surface area contributed by atoms with Gasteiger partial charge in [-0.15, -0.1) is 0 Å². The maximum atomic E-state index is 12.0. The highest BCUT2D eigenvalue weighted by Crippen LogP contribution is 2.14. The minimum absolute atomic E-state index is 0.0988. The lowest BCUT2D eigenvalue weighted by Crippen LogP contribution is -2.26. The van der Waals surface area contributed by atoms with Crippen LogP contribution < -0.4 is 0 Å². The first-order valence-electron chi connectivity index (χ1n) is 18.3. The van der Waals surface area contributed by atoms with E-state index in [1.165, 1.54) is 148 Å². The summed E-state index contributed by atoms with van der Waals surface area (Å²) in [6.45, 7) is 5.24. The Morgan fingerprint density at radius 2 is 0.951 bits per heavy atom. The predicted molar refractivity (Wildman–Crippen MR) is 178 cm³/mol. The summed E-state index contributed by atoms with van der Waals surface area (Å²) in [5.74, 6) is -0.160. The second kappa shape index (κ2) is 35.3. The number of hydrogen-bond donors (Lipinski definition) is 1. The Morgan fingerprint density at radius 3 is 1.39 bits per heavy atom. The highest BCUT2D eigenvalue weighted by atomic mass is 16.6. The largest absolute Gasteiger partial charge is 0.463 e. The van der Waals surface area contributed by atoms with Crippen LogP contribution in [0.2, 0.25) is 0 Å². The number of allylic oxidation sites excluding steroid dienone is 2. The van der Waals surface area contributed by atoms with E-state index < -0.39 is 6.10 Å². The summed E-state index contributed by atoms with van der Waals surface area (Å²) in [5.41, 5.74) is 0. The zero-order valence-electron chi connectivity index (χ0n) is 27.8. The summed E-state index contributed by atoms with van der Waals surface area (Å²) in [6.07, 6.45) is 39.7. The Bertz CT molecular complexity index is 533. The van der Waals surface area contributed by atoms with Crippen LogP contribution in [0.5, 0.6) is 0 Å². The van der Waals surface area contributed by atoms with Gasteiger partial charge in [-0.3, -0.25) is 4.79 Å². The highest BCUT2D eigenvalue weighted by Gasteiger charge is 2.11. The molecule has 0 aliphatic carbocycles. The molecule has 0 aromatic carbocycles. The fourth-order valence-corrected chi connectivity index (χ4v) is 5.30. The number of carbonyl (C=O) groups excluding carboxylic acids is 1. The second-order valence-electron chi connectivity index (χ2n) is 12.3. The molecule has 0 fully saturated rings. The van der Waals surface area contributed by atoms with Crippen LogP contribution in [-0.4, -0.2) is 37.0 Å². The van der Waals surface area contributed by atoms with E-state index in [1.807, 2.05) is 0 Å². The van der Waals surface area contributed by atoms with Crippen LogP contribution in [0.25, 0.3) is 0 Å². The van der Waals surface area contributed by atoms with Gasteiger partial charge in [0.1, 0.15) is 12.7 Å². The molecule has 0 saturated heterocycles. The van der Waals surface area contributed by atoms with Gasteiger partial charge in [-0.2, -0.15) is 0 Å². The molecule has 0 unspecified atom stereocenters. The van der Waals surface area contributed by atoms with Crippen molar-refractivity contribution < 1.29 is 19.4 Å². The summed E-state index contributed by atoms with van der Waals surface area (Å²) in [4.78, 5) is 12.0. The standard InChI is InChI=1S/C37H72O4/c1-3-5-7-9-11-13-15-17-18-19-21-23-25-27-29-31-33-40-36(34-38)35-41-37(39)32-30-28-26-24-22-20-16-14-12-10-8-6-4-2/h17-18,36,38H,3-16,19-35H2,1-2H3/t36-/m0/s1. The van der Waals surface area contributed by atoms with Crippen LogP contribution >= 0.6 is 0 Å². The van der Waals surface area contributed by atoms with E-state index in [2.05, 4.69) is 26.0 Å². The summed E-state index contributed by atoms with van der Waals surface area (Å²) in [7, 11) is 0. The number of aliphatic hydroxyl groups excluding tert-OH is 1. The molecule has 4 nitrogen and oxygen atoms in total. The normalized spacial score (nSPS) is 12.4. The molecule has 244 valence electrons. The topological polar surface area (TPSA) is 55.8 Å². The van der Waals surface area contributed by atoms with Gasteiger partial charge in [0.25, 0.3) is 0 Å². The fraction of sp³-hybridized carbons (Fsp3) is 0.919. The van der Waals surface area contributed by atoms with Crippen molar-refractivity contribution in [1.82, 2.24) is 0 Å². The van der Waals surface area contributed by atoms with E-state index in [-0.39, 0.29) is 19.2 Å². The first-order valence-corrected chi connectivity index (χ1v) is 18.3. The molecule has 0 heterocycles. The van der Waals surface area contributed by atoms with Crippen LogP contribution in [0, 0.1) is 0 Å². The van der Waals surface area contributed by atoms with Crippen molar-refractivity contribution in [3.8, 4) is 0 Å². The fourth-order valence-electron chi connectivity index (χ4n) is 5.30. The monoisotopic (exact) mass is 581 g/mol. The number of rotatable bonds is 34. The smallest absolute Gasteiger partial charge is 0.305 e. The Hall–Kier alpha value is -0.870. The van der Waals surface area contributed by atoms with E-state index in [1.54, 1.807) is 0 Å². The summed E-state index contributed by atoms with van der Waals surface area (Å²) < 4.78 is 11.1. The molecule has 1 N–H and O–H groups in total. The van der Waals surface area contributed by atoms with E-state index in [0.29, 0.717) is 13.0 Å². The van der Waals surface area contributed by atoms with Crippen molar-refractivity contribution in [2.45, 2.75) is 200 Å². The highest BCUT2D eigenvalue weighted by molar-refractivity contribution is 5.69. The molecule has 1 atom stereocenters. The zero-order valence-corrected chi connectivity index (χ0v) is 27.8. The molecule has 0 aromatic heterocycles. The van der Waals surface area contributed by atoms with Gasteiger partial charge in [0.05, 0.1) is 6.61 Å². The lowest BCUT2D eigenvalue weighted by atomic mass is 10.0. The Balaban J connectivity index is 3.42. The molecular weight excluding hydrogens is 508 g/mol. The molecule has 0 aliphatic heterocycles. The number of carbonyl (C=O) groups is 1. The second-order valence-corrected chi connectivity index (χ2v) is 12.3. The molecule has 0 aliphatic rings. The SMILES string of the molecule is CCCCCCCCC=CCCCCCCCCO[C@@H](CO)COC(=O)CCCCCCCCCCCCCCC. The molecular formula is C37H72O4. The Labute approximate surface area is 256 Å². The number of aliphatic hydroxyl groups is 1. The minimum atomic E-state index is -0.395. The molecule has 0 spiro atoms. The molecule has 0 bridgehead atoms. The third kappa shape index (κ3) is 33.5. The molecule has 0 saturated carbocycles. The molecule has 4 heteroatoms. The van der Waals surface area contributed by atoms with Crippen LogP contribution in [0.4, 0.5) is 0 Å². The van der Waals surface area contributed by atoms with Crippen molar-refractivity contribution in [3.05, 3.63) is 12.2 Å². The van der Waals surface area contributed by atoms with Gasteiger partial charge in [-0.05, 0) is 38.5 Å². The minimum Gasteiger partial charge on any atom is -0.463 e. The van der Waals surface area contributed by atoms with Gasteiger partial charge in [0.2, 0.25) is 0 Å². The third-order valence-corrected chi connectivity index (χ3v) is 8.13. The molecule has 0 rings (SSSR count). The van der Waals surface area contributed by atoms with E-state index >= 15 is 0 Å². The first kappa shape index (κ1) is 40.1. The van der Waals surface area contributed by atoms with E-state index in [0.717, 1.165) is 25.7 Å². The van der Waals surface area contributed by atoms with Crippen LogP contribution in [-0.2, 0) is 14.3 Å². The lowest BCUT2D eigenvalue weighted by molar-refractivity contribution is -0.149. The predicted octanol–water partition coefficient (Wildman–Crippen LogP) is 11.4. The van der Waals surface area contributed by atoms with Crippen LogP contribution in [0.3, 0.4) is 0 Å². The summed E-state index contributed by atoms with van der Waals surface area (Å²) in [6, 6.07) is 0. The quantitative estimate of drug-likeness (QED) is 0.0467. The molecule has 0 radical (unpaired) electrons. The van der Waals surface area contributed by atoms with E-state index in [9.17, 15) is 9.90 Å². The maximum Gasteiger partial charge on any atom is 0.305 e. The van der Waals surface area contributed by atoms with Crippen LogP contribution in [0.1, 0.15) is 194 Å². The third-order valence-electron chi connectivity index (χ3n) is 8.13. The summed E-state index contributed by atoms with van der Waals surface area (Å²) >= 11 is 0. The molecule has 0 amide bonds. The van der Waals surface area contributed by atoms with Gasteiger partial charge in [0, 0.05) is 13.0 Å². The van der Waals surface area contributed by atoms with E-state index in [4.69, 9.17) is 9.47 Å². The van der Waals surface area contributed by atoms with Crippen LogP contribution in [0.15, 0.2) is 12.2 Å². The van der Waals surface area contributed by atoms with Gasteiger partial charge < -0.3 is 14.6 Å². The van der Waals surface area contributed by atoms with Crippen molar-refractivity contribution >= 4 is 5.97 Å².